The number of hydrogen-bond donors (Lipinski definition) is 2. The second-order valence-corrected chi connectivity index (χ2v) is 7.06. The van der Waals surface area contributed by atoms with Gasteiger partial charge in [-0.1, -0.05) is 27.7 Å². The minimum atomic E-state index is -0.00529. The summed E-state index contributed by atoms with van der Waals surface area (Å²) in [6.45, 7) is 11.4. The summed E-state index contributed by atoms with van der Waals surface area (Å²) in [4.78, 5) is 12.0. The van der Waals surface area contributed by atoms with Crippen LogP contribution >= 0.6 is 0 Å². The van der Waals surface area contributed by atoms with E-state index in [2.05, 4.69) is 33.0 Å². The lowest BCUT2D eigenvalue weighted by Gasteiger charge is -2.42. The van der Waals surface area contributed by atoms with Crippen molar-refractivity contribution in [2.45, 2.75) is 72.1 Å². The molecule has 0 bridgehead atoms. The lowest BCUT2D eigenvalue weighted by atomic mass is 9.82. The number of nitrogens with two attached hydrogens (primary N) is 1. The van der Waals surface area contributed by atoms with Gasteiger partial charge in [0.2, 0.25) is 5.91 Å². The number of amides is 1. The Morgan fingerprint density at radius 3 is 2.58 bits per heavy atom. The van der Waals surface area contributed by atoms with E-state index in [1.807, 2.05) is 6.92 Å². The van der Waals surface area contributed by atoms with Crippen molar-refractivity contribution >= 4 is 5.91 Å². The third-order valence-electron chi connectivity index (χ3n) is 3.57. The van der Waals surface area contributed by atoms with Gasteiger partial charge in [0.25, 0.3) is 0 Å². The number of rotatable bonds is 6. The molecule has 4 atom stereocenters. The van der Waals surface area contributed by atoms with Gasteiger partial charge in [-0.25, -0.2) is 0 Å². The van der Waals surface area contributed by atoms with E-state index >= 15 is 0 Å². The highest BCUT2D eigenvalue weighted by molar-refractivity contribution is 5.76. The molecule has 0 aromatic heterocycles. The summed E-state index contributed by atoms with van der Waals surface area (Å²) >= 11 is 0. The quantitative estimate of drug-likeness (QED) is 0.776. The van der Waals surface area contributed by atoms with Crippen molar-refractivity contribution in [3.05, 3.63) is 0 Å². The van der Waals surface area contributed by atoms with Crippen LogP contribution in [0.2, 0.25) is 0 Å². The molecular formula is C15H30N2O2. The van der Waals surface area contributed by atoms with Crippen LogP contribution < -0.4 is 11.1 Å². The van der Waals surface area contributed by atoms with Gasteiger partial charge in [0, 0.05) is 19.1 Å². The van der Waals surface area contributed by atoms with E-state index in [-0.39, 0.29) is 29.5 Å². The lowest BCUT2D eigenvalue weighted by molar-refractivity contribution is -0.126. The zero-order chi connectivity index (χ0) is 14.6. The third kappa shape index (κ3) is 5.49. The molecule has 19 heavy (non-hydrogen) atoms. The van der Waals surface area contributed by atoms with Gasteiger partial charge >= 0.3 is 0 Å². The Bertz CT molecular complexity index is 297. The average Bonchev–Trinajstić information content (AvgIpc) is 2.23. The van der Waals surface area contributed by atoms with Crippen molar-refractivity contribution < 1.29 is 9.53 Å². The van der Waals surface area contributed by atoms with Crippen LogP contribution in [0.15, 0.2) is 0 Å². The normalized spacial score (nSPS) is 28.6. The summed E-state index contributed by atoms with van der Waals surface area (Å²) in [7, 11) is 0. The highest BCUT2D eigenvalue weighted by Crippen LogP contribution is 2.27. The molecule has 1 saturated carbocycles. The van der Waals surface area contributed by atoms with Crippen LogP contribution in [-0.4, -0.2) is 30.7 Å². The predicted octanol–water partition coefficient (Wildman–Crippen LogP) is 2.07. The van der Waals surface area contributed by atoms with Gasteiger partial charge in [0.15, 0.2) is 0 Å². The van der Waals surface area contributed by atoms with Gasteiger partial charge in [0.05, 0.1) is 12.1 Å². The Morgan fingerprint density at radius 1 is 1.47 bits per heavy atom. The Labute approximate surface area is 117 Å². The fraction of sp³-hybridized carbons (Fsp3) is 0.933. The first kappa shape index (κ1) is 16.4. The van der Waals surface area contributed by atoms with Crippen molar-refractivity contribution in [2.24, 2.45) is 17.1 Å². The molecule has 0 saturated heterocycles. The van der Waals surface area contributed by atoms with Crippen molar-refractivity contribution in [1.29, 1.82) is 0 Å². The third-order valence-corrected chi connectivity index (χ3v) is 3.57. The molecule has 3 N–H and O–H groups in total. The monoisotopic (exact) mass is 270 g/mol. The zero-order valence-corrected chi connectivity index (χ0v) is 13.0. The molecule has 4 nitrogen and oxygen atoms in total. The van der Waals surface area contributed by atoms with Gasteiger partial charge in [-0.3, -0.25) is 4.79 Å². The smallest absolute Gasteiger partial charge is 0.220 e. The SMILES string of the molecule is CCOC1CC(N)C1NC(=O)CC(C)CC(C)(C)C. The predicted molar refractivity (Wildman–Crippen MR) is 77.8 cm³/mol. The molecule has 0 heterocycles. The molecule has 4 unspecified atom stereocenters. The van der Waals surface area contributed by atoms with E-state index in [9.17, 15) is 4.79 Å². The number of nitrogens with one attached hydrogen (secondary N) is 1. The van der Waals surface area contributed by atoms with E-state index in [1.165, 1.54) is 0 Å². The van der Waals surface area contributed by atoms with Crippen LogP contribution in [0.4, 0.5) is 0 Å². The summed E-state index contributed by atoms with van der Waals surface area (Å²) in [6, 6.07) is 0.0349. The first-order chi connectivity index (χ1) is 8.73. The number of ether oxygens (including phenoxy) is 1. The maximum absolute atomic E-state index is 12.0. The van der Waals surface area contributed by atoms with Gasteiger partial charge in [-0.05, 0) is 31.1 Å². The highest BCUT2D eigenvalue weighted by atomic mass is 16.5. The summed E-state index contributed by atoms with van der Waals surface area (Å²) in [5.41, 5.74) is 6.19. The molecule has 4 heteroatoms. The van der Waals surface area contributed by atoms with E-state index in [1.54, 1.807) is 0 Å². The molecule has 1 fully saturated rings. The lowest BCUT2D eigenvalue weighted by Crippen LogP contribution is -2.64. The second kappa shape index (κ2) is 6.71. The molecule has 0 radical (unpaired) electrons. The van der Waals surface area contributed by atoms with Crippen LogP contribution in [0.25, 0.3) is 0 Å². The summed E-state index contributed by atoms with van der Waals surface area (Å²) in [5, 5.41) is 3.03. The Kier molecular flexibility index (Phi) is 5.81. The van der Waals surface area contributed by atoms with E-state index in [0.717, 1.165) is 12.8 Å². The fourth-order valence-corrected chi connectivity index (χ4v) is 2.91. The van der Waals surface area contributed by atoms with E-state index < -0.39 is 0 Å². The van der Waals surface area contributed by atoms with E-state index in [4.69, 9.17) is 10.5 Å². The average molecular weight is 270 g/mol. The zero-order valence-electron chi connectivity index (χ0n) is 13.0. The molecule has 0 aromatic carbocycles. The van der Waals surface area contributed by atoms with Crippen LogP contribution in [0.1, 0.15) is 53.9 Å². The molecule has 1 amide bonds. The van der Waals surface area contributed by atoms with Gasteiger partial charge < -0.3 is 15.8 Å². The summed E-state index contributed by atoms with van der Waals surface area (Å²) in [5.74, 6) is 0.489. The molecular weight excluding hydrogens is 240 g/mol. The minimum absolute atomic E-state index is 0.00529. The molecule has 0 aliphatic heterocycles. The Morgan fingerprint density at radius 2 is 2.11 bits per heavy atom. The Balaban J connectivity index is 2.34. The Hall–Kier alpha value is -0.610. The fourth-order valence-electron chi connectivity index (χ4n) is 2.91. The molecule has 0 spiro atoms. The van der Waals surface area contributed by atoms with Crippen molar-refractivity contribution in [3.8, 4) is 0 Å². The first-order valence-corrected chi connectivity index (χ1v) is 7.39. The standard InChI is InChI=1S/C15H30N2O2/c1-6-19-12-8-11(16)14(12)17-13(18)7-10(2)9-15(3,4)5/h10-12,14H,6-9,16H2,1-5H3,(H,17,18). The second-order valence-electron chi connectivity index (χ2n) is 7.06. The van der Waals surface area contributed by atoms with Gasteiger partial charge in [-0.2, -0.15) is 0 Å². The topological polar surface area (TPSA) is 64.3 Å². The van der Waals surface area contributed by atoms with Crippen LogP contribution in [0.3, 0.4) is 0 Å². The maximum atomic E-state index is 12.0. The maximum Gasteiger partial charge on any atom is 0.220 e. The van der Waals surface area contributed by atoms with Crippen molar-refractivity contribution in [1.82, 2.24) is 5.32 Å². The number of hydrogen-bond acceptors (Lipinski definition) is 3. The molecule has 1 rings (SSSR count). The highest BCUT2D eigenvalue weighted by Gasteiger charge is 2.40. The van der Waals surface area contributed by atoms with Gasteiger partial charge in [0.1, 0.15) is 0 Å². The van der Waals surface area contributed by atoms with Crippen molar-refractivity contribution in [3.63, 3.8) is 0 Å². The molecule has 0 aromatic rings. The van der Waals surface area contributed by atoms with Crippen LogP contribution in [-0.2, 0) is 9.53 Å². The number of carbonyl (C=O) groups excluding carboxylic acids is 1. The van der Waals surface area contributed by atoms with Gasteiger partial charge in [-0.15, -0.1) is 0 Å². The van der Waals surface area contributed by atoms with Crippen LogP contribution in [0, 0.1) is 11.3 Å². The molecule has 1 aliphatic carbocycles. The molecule has 1 aliphatic rings. The van der Waals surface area contributed by atoms with Crippen molar-refractivity contribution in [2.75, 3.05) is 6.61 Å². The van der Waals surface area contributed by atoms with Crippen LogP contribution in [0.5, 0.6) is 0 Å². The largest absolute Gasteiger partial charge is 0.376 e. The summed E-state index contributed by atoms with van der Waals surface area (Å²) < 4.78 is 5.55. The first-order valence-electron chi connectivity index (χ1n) is 7.39. The summed E-state index contributed by atoms with van der Waals surface area (Å²) in [6.07, 6.45) is 2.56. The van der Waals surface area contributed by atoms with E-state index in [0.29, 0.717) is 18.9 Å². The minimum Gasteiger partial charge on any atom is -0.376 e. The molecule has 112 valence electrons. The number of carbonyl (C=O) groups is 1.